The number of unbranched alkanes of at least 4 members (excludes halogenated alkanes) is 11. The molecule has 2 unspecified atom stereocenters. The van der Waals surface area contributed by atoms with Gasteiger partial charge in [0.2, 0.25) is 5.84 Å². The molecule has 200 valence electrons. The summed E-state index contributed by atoms with van der Waals surface area (Å²) in [7, 11) is 5.52. The normalized spacial score (nSPS) is 18.7. The Morgan fingerprint density at radius 1 is 0.882 bits per heavy atom. The van der Waals surface area contributed by atoms with Crippen molar-refractivity contribution in [3.05, 3.63) is 0 Å². The molecule has 3 N–H and O–H groups in total. The van der Waals surface area contributed by atoms with Gasteiger partial charge in [-0.2, -0.15) is 0 Å². The molecule has 0 radical (unpaired) electrons. The van der Waals surface area contributed by atoms with Crippen LogP contribution in [0, 0.1) is 0 Å². The van der Waals surface area contributed by atoms with E-state index in [2.05, 4.69) is 11.9 Å². The van der Waals surface area contributed by atoms with E-state index in [1.807, 2.05) is 21.1 Å². The van der Waals surface area contributed by atoms with E-state index < -0.39 is 18.2 Å². The van der Waals surface area contributed by atoms with Crippen molar-refractivity contribution in [2.45, 2.75) is 104 Å². The number of rotatable bonds is 18. The first kappa shape index (κ1) is 32.5. The number of amidine groups is 1. The number of hydrogen-bond donors (Lipinski definition) is 3. The van der Waals surface area contributed by atoms with Crippen molar-refractivity contribution in [2.75, 3.05) is 47.3 Å². The molecule has 8 nitrogen and oxygen atoms in total. The van der Waals surface area contributed by atoms with E-state index in [1.165, 1.54) is 70.6 Å². The first-order valence-corrected chi connectivity index (χ1v) is 13.3. The summed E-state index contributed by atoms with van der Waals surface area (Å²) in [5.41, 5.74) is 0. The second kappa shape index (κ2) is 17.9. The topological polar surface area (TPSA) is 107 Å². The van der Waals surface area contributed by atoms with Crippen molar-refractivity contribution in [1.29, 1.82) is 0 Å². The molecule has 1 aliphatic rings. The van der Waals surface area contributed by atoms with Crippen LogP contribution in [0.3, 0.4) is 0 Å². The number of likely N-dealkylation sites (N-methyl/N-ethyl adjacent to an activating group) is 1. The van der Waals surface area contributed by atoms with Crippen LogP contribution in [-0.4, -0.2) is 95.6 Å². The second-order valence-electron chi connectivity index (χ2n) is 10.7. The molecule has 0 aliphatic carbocycles. The molecule has 0 aromatic heterocycles. The molecule has 0 fully saturated rings. The molecule has 0 saturated heterocycles. The molecule has 0 saturated carbocycles. The van der Waals surface area contributed by atoms with Crippen molar-refractivity contribution >= 4 is 17.8 Å². The van der Waals surface area contributed by atoms with Crippen molar-refractivity contribution in [2.24, 2.45) is 4.99 Å². The van der Waals surface area contributed by atoms with Crippen LogP contribution >= 0.6 is 0 Å². The molecule has 0 aromatic carbocycles. The molecule has 0 aromatic rings. The van der Waals surface area contributed by atoms with E-state index in [1.54, 1.807) is 6.92 Å². The Morgan fingerprint density at radius 2 is 1.35 bits per heavy atom. The minimum atomic E-state index is -0.866. The molecule has 34 heavy (non-hydrogen) atoms. The summed E-state index contributed by atoms with van der Waals surface area (Å²) in [6.45, 7) is 5.30. The Hall–Kier alpha value is -1.51. The predicted octanol–water partition coefficient (Wildman–Crippen LogP) is 4.51. The fourth-order valence-corrected chi connectivity index (χ4v) is 4.41. The third kappa shape index (κ3) is 15.4. The third-order valence-corrected chi connectivity index (χ3v) is 6.30. The maximum absolute atomic E-state index is 11.2. The highest BCUT2D eigenvalue weighted by atomic mass is 16.4. The summed E-state index contributed by atoms with van der Waals surface area (Å²) in [6, 6.07) is 0. The number of aliphatic carboxylic acids is 2. The van der Waals surface area contributed by atoms with Crippen LogP contribution in [0.5, 0.6) is 0 Å². The molecule has 2 atom stereocenters. The van der Waals surface area contributed by atoms with Gasteiger partial charge in [-0.05, 0) is 6.42 Å². The highest BCUT2D eigenvalue weighted by molar-refractivity contribution is 5.80. The summed E-state index contributed by atoms with van der Waals surface area (Å²) < 4.78 is 0.614. The van der Waals surface area contributed by atoms with Gasteiger partial charge in [-0.15, -0.1) is 0 Å². The molecule has 1 heterocycles. The molecule has 8 heteroatoms. The zero-order chi connectivity index (χ0) is 26.0. The highest BCUT2D eigenvalue weighted by Crippen LogP contribution is 2.23. The third-order valence-electron chi connectivity index (χ3n) is 6.30. The Kier molecular flexibility index (Phi) is 17.1. The van der Waals surface area contributed by atoms with E-state index in [0.29, 0.717) is 17.6 Å². The number of carboxylic acids is 2. The lowest BCUT2D eigenvalue weighted by Gasteiger charge is -2.35. The van der Waals surface area contributed by atoms with Crippen LogP contribution in [0.4, 0.5) is 0 Å². The summed E-state index contributed by atoms with van der Waals surface area (Å²) in [5, 5.41) is 27.6. The van der Waals surface area contributed by atoms with E-state index in [0.717, 1.165) is 18.7 Å². The first-order valence-electron chi connectivity index (χ1n) is 13.3. The standard InChI is InChI=1S/C21H40N2O3.C5H11NO2/c1-3-4-5-6-7-8-9-10-11-12-13-14-15-20-22-16-17-23(20,19(2)24)18-21(25)26;1-6(2,3)4-5(7)8/h19,24H,3-18H2,1-2H3;4H2,1-3H3/p+2. The first-order chi connectivity index (χ1) is 15.9. The molecular formula is C26H53N3O5+2. The fourth-order valence-electron chi connectivity index (χ4n) is 4.41. The van der Waals surface area contributed by atoms with Gasteiger partial charge in [-0.1, -0.05) is 77.6 Å². The van der Waals surface area contributed by atoms with Gasteiger partial charge in [0.1, 0.15) is 6.54 Å². The number of aliphatic imine (C=N–C) groups is 1. The SMILES string of the molecule is CCCCCCCCCCCCCCC1=NCC[N+]1(CC(=O)O)C(C)O.C[N+](C)(C)CC(=O)O. The number of carboxylic acid groups (broad SMARTS) is 2. The average molecular weight is 488 g/mol. The van der Waals surface area contributed by atoms with Crippen molar-refractivity contribution in [3.63, 3.8) is 0 Å². The van der Waals surface area contributed by atoms with Crippen LogP contribution in [0.15, 0.2) is 4.99 Å². The largest absolute Gasteiger partial charge is 0.477 e. The number of aliphatic hydroxyl groups excluding tert-OH is 1. The summed E-state index contributed by atoms with van der Waals surface area (Å²) in [5.74, 6) is -0.734. The summed E-state index contributed by atoms with van der Waals surface area (Å²) in [6.07, 6.45) is 15.8. The minimum Gasteiger partial charge on any atom is -0.477 e. The number of quaternary nitrogens is 2. The maximum atomic E-state index is 11.2. The summed E-state index contributed by atoms with van der Waals surface area (Å²) in [4.78, 5) is 25.7. The van der Waals surface area contributed by atoms with Gasteiger partial charge < -0.3 is 19.8 Å². The van der Waals surface area contributed by atoms with Crippen LogP contribution in [0.1, 0.15) is 97.3 Å². The fraction of sp³-hybridized carbons (Fsp3) is 0.885. The Labute approximate surface area is 207 Å². The molecular weight excluding hydrogens is 434 g/mol. The van der Waals surface area contributed by atoms with E-state index in [-0.39, 0.29) is 17.6 Å². The molecule has 1 rings (SSSR count). The zero-order valence-corrected chi connectivity index (χ0v) is 22.6. The van der Waals surface area contributed by atoms with Crippen LogP contribution in [-0.2, 0) is 9.59 Å². The Bertz CT molecular complexity index is 602. The monoisotopic (exact) mass is 487 g/mol. The van der Waals surface area contributed by atoms with Gasteiger partial charge in [-0.3, -0.25) is 0 Å². The predicted molar refractivity (Wildman–Crippen MR) is 138 cm³/mol. The highest BCUT2D eigenvalue weighted by Gasteiger charge is 2.43. The van der Waals surface area contributed by atoms with Gasteiger partial charge >= 0.3 is 11.9 Å². The van der Waals surface area contributed by atoms with Crippen molar-refractivity contribution in [3.8, 4) is 0 Å². The lowest BCUT2D eigenvalue weighted by Crippen LogP contribution is -2.59. The number of aliphatic hydroxyl groups is 1. The quantitative estimate of drug-likeness (QED) is 0.195. The van der Waals surface area contributed by atoms with Gasteiger partial charge in [-0.25, -0.2) is 19.1 Å². The Balaban J connectivity index is 0.00000116. The van der Waals surface area contributed by atoms with Crippen LogP contribution < -0.4 is 0 Å². The van der Waals surface area contributed by atoms with E-state index in [9.17, 15) is 19.8 Å². The molecule has 0 amide bonds. The molecule has 0 spiro atoms. The maximum Gasteiger partial charge on any atom is 0.359 e. The molecule has 1 aliphatic heterocycles. The van der Waals surface area contributed by atoms with Gasteiger partial charge in [0.15, 0.2) is 19.3 Å². The lowest BCUT2D eigenvalue weighted by molar-refractivity contribution is -0.877. The van der Waals surface area contributed by atoms with Gasteiger partial charge in [0, 0.05) is 13.3 Å². The van der Waals surface area contributed by atoms with Crippen LogP contribution in [0.2, 0.25) is 0 Å². The van der Waals surface area contributed by atoms with E-state index >= 15 is 0 Å². The summed E-state index contributed by atoms with van der Waals surface area (Å²) >= 11 is 0. The van der Waals surface area contributed by atoms with Crippen molar-refractivity contribution in [1.82, 2.24) is 0 Å². The van der Waals surface area contributed by atoms with Gasteiger partial charge in [0.05, 0.1) is 27.7 Å². The number of hydrogen-bond acceptors (Lipinski definition) is 4. The number of nitrogens with zero attached hydrogens (tertiary/aromatic N) is 3. The zero-order valence-electron chi connectivity index (χ0n) is 22.6. The number of carbonyl (C=O) groups is 2. The van der Waals surface area contributed by atoms with Gasteiger partial charge in [0.25, 0.3) is 0 Å². The van der Waals surface area contributed by atoms with Crippen molar-refractivity contribution < 1.29 is 33.9 Å². The van der Waals surface area contributed by atoms with E-state index in [4.69, 9.17) is 5.11 Å². The lowest BCUT2D eigenvalue weighted by atomic mass is 10.0. The smallest absolute Gasteiger partial charge is 0.359 e. The minimum absolute atomic E-state index is 0.0608. The average Bonchev–Trinajstić information content (AvgIpc) is 3.10. The second-order valence-corrected chi connectivity index (χ2v) is 10.7. The Morgan fingerprint density at radius 3 is 1.71 bits per heavy atom. The molecule has 0 bridgehead atoms. The van der Waals surface area contributed by atoms with Crippen LogP contribution in [0.25, 0.3) is 0 Å².